The van der Waals surface area contributed by atoms with Gasteiger partial charge in [0.05, 0.1) is 0 Å². The van der Waals surface area contributed by atoms with Crippen molar-refractivity contribution in [2.45, 2.75) is 20.4 Å². The van der Waals surface area contributed by atoms with Crippen LogP contribution in [0.4, 0.5) is 10.5 Å². The van der Waals surface area contributed by atoms with Gasteiger partial charge in [0.25, 0.3) is 0 Å². The Hall–Kier alpha value is -3.02. The predicted molar refractivity (Wildman–Crippen MR) is 116 cm³/mol. The summed E-state index contributed by atoms with van der Waals surface area (Å²) in [4.78, 5) is 30.5. The maximum Gasteiger partial charge on any atom is 0.320 e. The van der Waals surface area contributed by atoms with E-state index in [0.29, 0.717) is 26.2 Å². The molecule has 0 bridgehead atoms. The molecule has 6 heteroatoms. The van der Waals surface area contributed by atoms with Crippen LogP contribution in [0.3, 0.4) is 0 Å². The van der Waals surface area contributed by atoms with Crippen LogP contribution in [-0.4, -0.2) is 61.0 Å². The lowest BCUT2D eigenvalue weighted by molar-refractivity contribution is -0.121. The van der Waals surface area contributed by atoms with Crippen LogP contribution in [0.25, 0.3) is 0 Å². The second kappa shape index (κ2) is 9.96. The van der Waals surface area contributed by atoms with E-state index in [1.54, 1.807) is 9.80 Å². The van der Waals surface area contributed by atoms with Crippen molar-refractivity contribution >= 4 is 17.6 Å². The molecule has 3 rings (SSSR count). The van der Waals surface area contributed by atoms with Crippen LogP contribution in [-0.2, 0) is 11.3 Å². The predicted octanol–water partition coefficient (Wildman–Crippen LogP) is 2.88. The number of rotatable bonds is 9. The summed E-state index contributed by atoms with van der Waals surface area (Å²) in [5.41, 5.74) is 3.45. The molecule has 2 aromatic carbocycles. The first-order valence-corrected chi connectivity index (χ1v) is 10.2. The highest BCUT2D eigenvalue weighted by Gasteiger charge is 2.29. The van der Waals surface area contributed by atoms with Crippen molar-refractivity contribution in [1.29, 1.82) is 0 Å². The molecule has 154 valence electrons. The van der Waals surface area contributed by atoms with E-state index in [-0.39, 0.29) is 18.5 Å². The number of aryl methyl sites for hydroxylation is 1. The molecule has 0 atom stereocenters. The van der Waals surface area contributed by atoms with E-state index in [1.807, 2.05) is 37.3 Å². The zero-order chi connectivity index (χ0) is 20.6. The highest BCUT2D eigenvalue weighted by Crippen LogP contribution is 2.14. The van der Waals surface area contributed by atoms with Crippen molar-refractivity contribution in [3.05, 3.63) is 65.7 Å². The number of carbonyl (C=O) groups excluding carboxylic acids is 2. The summed E-state index contributed by atoms with van der Waals surface area (Å²) < 4.78 is 0. The Bertz CT molecular complexity index is 807. The lowest BCUT2D eigenvalue weighted by atomic mass is 10.1. The molecule has 3 amide bonds. The van der Waals surface area contributed by atoms with Gasteiger partial charge in [0, 0.05) is 45.0 Å². The first-order chi connectivity index (χ1) is 14.1. The molecule has 1 saturated heterocycles. The summed E-state index contributed by atoms with van der Waals surface area (Å²) in [6, 6.07) is 18.3. The molecule has 1 heterocycles. The van der Waals surface area contributed by atoms with Crippen LogP contribution in [0, 0.1) is 6.92 Å². The Kier molecular flexibility index (Phi) is 7.11. The van der Waals surface area contributed by atoms with Crippen LogP contribution >= 0.6 is 0 Å². The van der Waals surface area contributed by atoms with Gasteiger partial charge >= 0.3 is 6.03 Å². The van der Waals surface area contributed by atoms with Crippen molar-refractivity contribution in [3.8, 4) is 0 Å². The zero-order valence-corrected chi connectivity index (χ0v) is 17.3. The largest absolute Gasteiger partial charge is 0.370 e. The highest BCUT2D eigenvalue weighted by molar-refractivity contribution is 5.85. The van der Waals surface area contributed by atoms with Crippen LogP contribution in [0.5, 0.6) is 0 Å². The Balaban J connectivity index is 1.42. The van der Waals surface area contributed by atoms with Crippen molar-refractivity contribution in [3.63, 3.8) is 0 Å². The number of amides is 3. The smallest absolute Gasteiger partial charge is 0.320 e. The Morgan fingerprint density at radius 1 is 1.03 bits per heavy atom. The van der Waals surface area contributed by atoms with Gasteiger partial charge in [-0.2, -0.15) is 0 Å². The van der Waals surface area contributed by atoms with Crippen molar-refractivity contribution in [2.75, 3.05) is 44.2 Å². The number of hydrogen-bond acceptors (Lipinski definition) is 3. The minimum absolute atomic E-state index is 0.0693. The molecular weight excluding hydrogens is 364 g/mol. The monoisotopic (exact) mass is 394 g/mol. The summed E-state index contributed by atoms with van der Waals surface area (Å²) in [6.45, 7) is 8.24. The topological polar surface area (TPSA) is 55.9 Å². The summed E-state index contributed by atoms with van der Waals surface area (Å²) in [7, 11) is 0. The molecule has 1 aliphatic rings. The molecule has 0 aliphatic carbocycles. The number of likely N-dealkylation sites (N-methyl/N-ethyl adjacent to an activating group) is 1. The fourth-order valence-corrected chi connectivity index (χ4v) is 3.51. The number of benzene rings is 2. The zero-order valence-electron chi connectivity index (χ0n) is 17.3. The van der Waals surface area contributed by atoms with E-state index >= 15 is 0 Å². The van der Waals surface area contributed by atoms with E-state index in [9.17, 15) is 9.59 Å². The maximum absolute atomic E-state index is 12.6. The molecule has 1 fully saturated rings. The second-order valence-corrected chi connectivity index (χ2v) is 7.38. The average Bonchev–Trinajstić information content (AvgIpc) is 3.07. The van der Waals surface area contributed by atoms with Crippen molar-refractivity contribution < 1.29 is 9.59 Å². The quantitative estimate of drug-likeness (QED) is 0.712. The number of anilines is 1. The van der Waals surface area contributed by atoms with Gasteiger partial charge < -0.3 is 20.0 Å². The van der Waals surface area contributed by atoms with Gasteiger partial charge in [0.1, 0.15) is 6.54 Å². The maximum atomic E-state index is 12.6. The lowest BCUT2D eigenvalue weighted by Gasteiger charge is -2.23. The summed E-state index contributed by atoms with van der Waals surface area (Å²) in [5.74, 6) is -0.111. The molecule has 1 N–H and O–H groups in total. The number of urea groups is 1. The van der Waals surface area contributed by atoms with E-state index in [2.05, 4.69) is 41.4 Å². The van der Waals surface area contributed by atoms with Gasteiger partial charge in [-0.25, -0.2) is 4.79 Å². The highest BCUT2D eigenvalue weighted by atomic mass is 16.2. The average molecular weight is 395 g/mol. The fourth-order valence-electron chi connectivity index (χ4n) is 3.51. The minimum Gasteiger partial charge on any atom is -0.370 e. The number of carbonyl (C=O) groups is 2. The third-order valence-electron chi connectivity index (χ3n) is 5.22. The van der Waals surface area contributed by atoms with E-state index < -0.39 is 0 Å². The summed E-state index contributed by atoms with van der Waals surface area (Å²) in [6.07, 6.45) is 0. The number of nitrogens with zero attached hydrogens (tertiary/aromatic N) is 3. The van der Waals surface area contributed by atoms with Gasteiger partial charge in [0.15, 0.2) is 0 Å². The van der Waals surface area contributed by atoms with Gasteiger partial charge in [-0.15, -0.1) is 0 Å². The number of hydrogen-bond donors (Lipinski definition) is 1. The lowest BCUT2D eigenvalue weighted by Crippen LogP contribution is -2.42. The van der Waals surface area contributed by atoms with Crippen LogP contribution in [0.15, 0.2) is 54.6 Å². The third-order valence-corrected chi connectivity index (χ3v) is 5.22. The normalized spacial score (nSPS) is 13.7. The Morgan fingerprint density at radius 3 is 2.41 bits per heavy atom. The number of nitrogens with one attached hydrogen (secondary N) is 1. The first kappa shape index (κ1) is 20.7. The standard InChI is InChI=1S/C23H30N4O2/c1-3-25(21-7-5-4-6-8-21)14-13-24-22(28)18-27-16-15-26(23(27)29)17-20-11-9-19(2)10-12-20/h4-12H,3,13-18H2,1-2H3,(H,24,28). The SMILES string of the molecule is CCN(CCNC(=O)CN1CCN(Cc2ccc(C)cc2)C1=O)c1ccccc1. The molecule has 29 heavy (non-hydrogen) atoms. The molecule has 0 saturated carbocycles. The van der Waals surface area contributed by atoms with Crippen LogP contribution in [0.2, 0.25) is 0 Å². The van der Waals surface area contributed by atoms with E-state index in [4.69, 9.17) is 0 Å². The molecule has 0 radical (unpaired) electrons. The van der Waals surface area contributed by atoms with Gasteiger partial charge in [0.2, 0.25) is 5.91 Å². The molecule has 2 aromatic rings. The summed E-state index contributed by atoms with van der Waals surface area (Å²) in [5, 5.41) is 2.94. The molecule has 0 unspecified atom stereocenters. The van der Waals surface area contributed by atoms with E-state index in [0.717, 1.165) is 24.3 Å². The number of para-hydroxylation sites is 1. The molecular formula is C23H30N4O2. The van der Waals surface area contributed by atoms with Crippen LogP contribution in [0.1, 0.15) is 18.1 Å². The Labute approximate surface area is 173 Å². The Morgan fingerprint density at radius 2 is 1.72 bits per heavy atom. The first-order valence-electron chi connectivity index (χ1n) is 10.2. The molecule has 1 aliphatic heterocycles. The van der Waals surface area contributed by atoms with Gasteiger partial charge in [-0.1, -0.05) is 48.0 Å². The molecule has 6 nitrogen and oxygen atoms in total. The summed E-state index contributed by atoms with van der Waals surface area (Å²) >= 11 is 0. The third kappa shape index (κ3) is 5.73. The minimum atomic E-state index is -0.111. The van der Waals surface area contributed by atoms with E-state index in [1.165, 1.54) is 5.56 Å². The van der Waals surface area contributed by atoms with Crippen molar-refractivity contribution in [1.82, 2.24) is 15.1 Å². The van der Waals surface area contributed by atoms with Gasteiger partial charge in [-0.3, -0.25) is 4.79 Å². The molecule has 0 spiro atoms. The second-order valence-electron chi connectivity index (χ2n) is 7.38. The van der Waals surface area contributed by atoms with Crippen LogP contribution < -0.4 is 10.2 Å². The fraction of sp³-hybridized carbons (Fsp3) is 0.391. The van der Waals surface area contributed by atoms with Crippen molar-refractivity contribution in [2.24, 2.45) is 0 Å². The van der Waals surface area contributed by atoms with Gasteiger partial charge in [-0.05, 0) is 31.5 Å². The molecule has 0 aromatic heterocycles.